The Kier molecular flexibility index (Phi) is 2.73. The summed E-state index contributed by atoms with van der Waals surface area (Å²) in [6.45, 7) is 0. The number of amides is 1. The van der Waals surface area contributed by atoms with E-state index in [1.54, 1.807) is 6.08 Å². The van der Waals surface area contributed by atoms with Gasteiger partial charge in [0, 0.05) is 22.6 Å². The van der Waals surface area contributed by atoms with E-state index in [-0.39, 0.29) is 0 Å². The predicted octanol–water partition coefficient (Wildman–Crippen LogP) is 4.19. The molecule has 4 rings (SSSR count). The van der Waals surface area contributed by atoms with E-state index in [0.29, 0.717) is 0 Å². The normalized spacial score (nSPS) is 11.8. The second-order valence-electron chi connectivity index (χ2n) is 5.22. The highest BCUT2D eigenvalue weighted by molar-refractivity contribution is 6.10. The zero-order chi connectivity index (χ0) is 15.1. The maximum atomic E-state index is 11.1. The number of nitrogens with two attached hydrogens (primary N) is 1. The molecule has 1 amide bonds. The fourth-order valence-corrected chi connectivity index (χ4v) is 2.88. The molecule has 0 bridgehead atoms. The summed E-state index contributed by atoms with van der Waals surface area (Å²) in [5, 5.41) is 3.21. The molecule has 0 unspecified atom stereocenters. The van der Waals surface area contributed by atoms with Gasteiger partial charge in [-0.05, 0) is 29.0 Å². The van der Waals surface area contributed by atoms with Crippen molar-refractivity contribution >= 4 is 33.7 Å². The molecule has 0 saturated heterocycles. The number of rotatable bonds is 2. The molecule has 2 N–H and O–H groups in total. The number of fused-ring (bicyclic) bond motifs is 4. The molecule has 3 nitrogen and oxygen atoms in total. The highest BCUT2D eigenvalue weighted by atomic mass is 16.3. The molecule has 0 saturated carbocycles. The van der Waals surface area contributed by atoms with Crippen molar-refractivity contribution in [3.63, 3.8) is 0 Å². The van der Waals surface area contributed by atoms with Crippen molar-refractivity contribution < 1.29 is 9.21 Å². The lowest BCUT2D eigenvalue weighted by Crippen LogP contribution is -2.05. The van der Waals surface area contributed by atoms with Gasteiger partial charge in [0.2, 0.25) is 5.91 Å². The summed E-state index contributed by atoms with van der Waals surface area (Å²) in [4.78, 5) is 11.1. The van der Waals surface area contributed by atoms with Gasteiger partial charge in [0.05, 0.1) is 0 Å². The maximum absolute atomic E-state index is 11.1. The molecular weight excluding hydrogens is 274 g/mol. The average Bonchev–Trinajstić information content (AvgIpc) is 2.84. The average molecular weight is 287 g/mol. The highest BCUT2D eigenvalue weighted by Gasteiger charge is 2.19. The van der Waals surface area contributed by atoms with Crippen LogP contribution in [0.5, 0.6) is 0 Å². The standard InChI is InChI=1S/C19H13NO2/c20-18(21)10-9-15-13-6-2-3-7-14(13)16-11-12-5-1-4-8-17(12)22-19(15)16/h1-11H,(H2,20,21)/b10-9+. The van der Waals surface area contributed by atoms with Crippen LogP contribution in [0.25, 0.3) is 39.1 Å². The molecule has 2 aromatic carbocycles. The third kappa shape index (κ3) is 1.87. The van der Waals surface area contributed by atoms with E-state index in [9.17, 15) is 4.79 Å². The number of carbonyl (C=O) groups excluding carboxylic acids is 1. The van der Waals surface area contributed by atoms with E-state index in [1.165, 1.54) is 6.08 Å². The Morgan fingerprint density at radius 2 is 1.73 bits per heavy atom. The van der Waals surface area contributed by atoms with Crippen LogP contribution in [0.3, 0.4) is 0 Å². The van der Waals surface area contributed by atoms with Crippen molar-refractivity contribution in [2.75, 3.05) is 0 Å². The molecule has 0 atom stereocenters. The highest BCUT2D eigenvalue weighted by Crippen LogP contribution is 2.41. The van der Waals surface area contributed by atoms with Crippen molar-refractivity contribution in [2.24, 2.45) is 5.73 Å². The fourth-order valence-electron chi connectivity index (χ4n) is 2.88. The van der Waals surface area contributed by atoms with E-state index in [1.807, 2.05) is 42.5 Å². The van der Waals surface area contributed by atoms with Crippen LogP contribution in [0, 0.1) is 0 Å². The maximum Gasteiger partial charge on any atom is 0.241 e. The molecular formula is C19H13NO2. The minimum Gasteiger partial charge on any atom is -0.455 e. The van der Waals surface area contributed by atoms with E-state index in [2.05, 4.69) is 12.1 Å². The van der Waals surface area contributed by atoms with Crippen LogP contribution >= 0.6 is 0 Å². The molecule has 1 heterocycles. The van der Waals surface area contributed by atoms with Crippen molar-refractivity contribution in [1.29, 1.82) is 0 Å². The number of hydrogen-bond acceptors (Lipinski definition) is 2. The first kappa shape index (κ1) is 12.7. The molecule has 0 fully saturated rings. The topological polar surface area (TPSA) is 56.2 Å². The Bertz CT molecular complexity index is 1010. The number of benzene rings is 2. The number of hydrogen-bond donors (Lipinski definition) is 1. The lowest BCUT2D eigenvalue weighted by molar-refractivity contribution is -0.113. The molecule has 0 spiro atoms. The number of carbonyl (C=O) groups is 1. The molecule has 0 radical (unpaired) electrons. The van der Waals surface area contributed by atoms with Crippen LogP contribution in [-0.4, -0.2) is 5.91 Å². The van der Waals surface area contributed by atoms with Gasteiger partial charge in [-0.2, -0.15) is 0 Å². The molecule has 1 aliphatic carbocycles. The largest absolute Gasteiger partial charge is 0.455 e. The second-order valence-corrected chi connectivity index (χ2v) is 5.22. The quantitative estimate of drug-likeness (QED) is 0.562. The summed E-state index contributed by atoms with van der Waals surface area (Å²) in [6.07, 6.45) is 3.09. The summed E-state index contributed by atoms with van der Waals surface area (Å²) < 4.78 is 6.09. The van der Waals surface area contributed by atoms with Crippen molar-refractivity contribution in [2.45, 2.75) is 0 Å². The summed E-state index contributed by atoms with van der Waals surface area (Å²) >= 11 is 0. The van der Waals surface area contributed by atoms with E-state index >= 15 is 0 Å². The molecule has 2 aliphatic rings. The molecule has 22 heavy (non-hydrogen) atoms. The Labute approximate surface area is 127 Å². The summed E-state index contributed by atoms with van der Waals surface area (Å²) in [7, 11) is 0. The number of primary amides is 1. The van der Waals surface area contributed by atoms with Crippen LogP contribution in [0.15, 0.2) is 65.1 Å². The first-order valence-electron chi connectivity index (χ1n) is 7.04. The van der Waals surface area contributed by atoms with E-state index < -0.39 is 5.91 Å². The van der Waals surface area contributed by atoms with Crippen molar-refractivity contribution in [3.8, 4) is 11.3 Å². The van der Waals surface area contributed by atoms with Gasteiger partial charge in [-0.1, -0.05) is 42.5 Å². The van der Waals surface area contributed by atoms with Crippen LogP contribution in [0.2, 0.25) is 0 Å². The summed E-state index contributed by atoms with van der Waals surface area (Å²) in [5.74, 6) is 0.302. The van der Waals surface area contributed by atoms with Gasteiger partial charge in [0.15, 0.2) is 0 Å². The first-order chi connectivity index (χ1) is 10.7. The third-order valence-electron chi connectivity index (χ3n) is 3.84. The lowest BCUT2D eigenvalue weighted by Gasteiger charge is -2.04. The number of para-hydroxylation sites is 1. The smallest absolute Gasteiger partial charge is 0.241 e. The van der Waals surface area contributed by atoms with E-state index in [4.69, 9.17) is 10.2 Å². The zero-order valence-corrected chi connectivity index (χ0v) is 11.7. The fraction of sp³-hybridized carbons (Fsp3) is 0. The predicted molar refractivity (Wildman–Crippen MR) is 88.6 cm³/mol. The van der Waals surface area contributed by atoms with Gasteiger partial charge in [-0.3, -0.25) is 4.79 Å². The SMILES string of the molecule is NC(=O)/C=C/c1c2oc3ccccc3cc-2c2ccccc12. The summed E-state index contributed by atoms with van der Waals surface area (Å²) in [6, 6.07) is 18.1. The van der Waals surface area contributed by atoms with Gasteiger partial charge < -0.3 is 10.2 Å². The van der Waals surface area contributed by atoms with Crippen molar-refractivity contribution in [3.05, 3.63) is 66.2 Å². The monoisotopic (exact) mass is 287 g/mol. The van der Waals surface area contributed by atoms with Crippen molar-refractivity contribution in [1.82, 2.24) is 0 Å². The van der Waals surface area contributed by atoms with Crippen LogP contribution < -0.4 is 5.73 Å². The Morgan fingerprint density at radius 1 is 1.00 bits per heavy atom. The molecule has 0 aromatic heterocycles. The Morgan fingerprint density at radius 3 is 2.55 bits per heavy atom. The lowest BCUT2D eigenvalue weighted by atomic mass is 10.1. The molecule has 2 aromatic rings. The molecule has 3 heteroatoms. The Hall–Kier alpha value is -3.07. The van der Waals surface area contributed by atoms with Gasteiger partial charge in [0.1, 0.15) is 11.3 Å². The third-order valence-corrected chi connectivity index (χ3v) is 3.84. The summed E-state index contributed by atoms with van der Waals surface area (Å²) in [5.41, 5.74) is 7.97. The zero-order valence-electron chi connectivity index (χ0n) is 11.7. The minimum absolute atomic E-state index is 0.473. The van der Waals surface area contributed by atoms with Gasteiger partial charge in [-0.15, -0.1) is 0 Å². The minimum atomic E-state index is -0.473. The Balaban J connectivity index is 2.15. The second kappa shape index (κ2) is 4.74. The van der Waals surface area contributed by atoms with Gasteiger partial charge in [-0.25, -0.2) is 0 Å². The molecule has 1 aliphatic heterocycles. The van der Waals surface area contributed by atoms with Crippen LogP contribution in [0.1, 0.15) is 5.56 Å². The first-order valence-corrected chi connectivity index (χ1v) is 7.04. The van der Waals surface area contributed by atoms with E-state index in [0.717, 1.165) is 38.6 Å². The van der Waals surface area contributed by atoms with Gasteiger partial charge in [0.25, 0.3) is 0 Å². The van der Waals surface area contributed by atoms with Crippen LogP contribution in [-0.2, 0) is 4.79 Å². The van der Waals surface area contributed by atoms with Crippen LogP contribution in [0.4, 0.5) is 0 Å². The van der Waals surface area contributed by atoms with Gasteiger partial charge >= 0.3 is 0 Å². The molecule has 106 valence electrons.